The van der Waals surface area contributed by atoms with E-state index >= 15 is 0 Å². The minimum absolute atomic E-state index is 0.00103. The molecular formula is C16H23FN2O2. The lowest BCUT2D eigenvalue weighted by atomic mass is 10.1. The van der Waals surface area contributed by atoms with Crippen molar-refractivity contribution in [3.63, 3.8) is 0 Å². The smallest absolute Gasteiger partial charge is 0.335 e. The topological polar surface area (TPSA) is 43.8 Å². The lowest BCUT2D eigenvalue weighted by molar-refractivity contribution is 0.0696. The molecule has 5 heteroatoms. The van der Waals surface area contributed by atoms with Crippen LogP contribution in [-0.4, -0.2) is 53.6 Å². The summed E-state index contributed by atoms with van der Waals surface area (Å²) in [6.07, 6.45) is 2.10. The zero-order chi connectivity index (χ0) is 15.4. The van der Waals surface area contributed by atoms with Gasteiger partial charge in [-0.3, -0.25) is 4.90 Å². The summed E-state index contributed by atoms with van der Waals surface area (Å²) in [6.45, 7) is 5.69. The maximum absolute atomic E-state index is 14.1. The van der Waals surface area contributed by atoms with Crippen LogP contribution in [0.25, 0.3) is 0 Å². The lowest BCUT2D eigenvalue weighted by Gasteiger charge is -2.30. The minimum Gasteiger partial charge on any atom is -0.478 e. The second-order valence-corrected chi connectivity index (χ2v) is 5.76. The number of halogens is 1. The summed E-state index contributed by atoms with van der Waals surface area (Å²) in [5.41, 5.74) is 0.571. The number of hydrogen-bond donors (Lipinski definition) is 1. The maximum atomic E-state index is 14.1. The normalized spacial score (nSPS) is 21.2. The lowest BCUT2D eigenvalue weighted by Crippen LogP contribution is -2.39. The molecule has 0 aromatic heterocycles. The molecule has 2 rings (SSSR count). The van der Waals surface area contributed by atoms with Gasteiger partial charge in [-0.05, 0) is 38.6 Å². The Balaban J connectivity index is 2.14. The van der Waals surface area contributed by atoms with Crippen molar-refractivity contribution in [2.45, 2.75) is 32.4 Å². The molecular weight excluding hydrogens is 271 g/mol. The van der Waals surface area contributed by atoms with E-state index in [1.807, 2.05) is 0 Å². The molecule has 1 unspecified atom stereocenters. The van der Waals surface area contributed by atoms with Crippen LogP contribution in [0.5, 0.6) is 0 Å². The molecule has 4 nitrogen and oxygen atoms in total. The van der Waals surface area contributed by atoms with Gasteiger partial charge in [0.25, 0.3) is 0 Å². The molecule has 1 fully saturated rings. The minimum atomic E-state index is -1.09. The Morgan fingerprint density at radius 2 is 2.19 bits per heavy atom. The van der Waals surface area contributed by atoms with Crippen molar-refractivity contribution in [3.8, 4) is 0 Å². The molecule has 0 bridgehead atoms. The van der Waals surface area contributed by atoms with Gasteiger partial charge in [0.2, 0.25) is 0 Å². The summed E-state index contributed by atoms with van der Waals surface area (Å²) in [7, 11) is 2.12. The number of nitrogens with zero attached hydrogens (tertiary/aromatic N) is 2. The van der Waals surface area contributed by atoms with Crippen molar-refractivity contribution in [1.82, 2.24) is 9.80 Å². The van der Waals surface area contributed by atoms with Crippen molar-refractivity contribution in [2.24, 2.45) is 0 Å². The van der Waals surface area contributed by atoms with Crippen molar-refractivity contribution in [2.75, 3.05) is 26.7 Å². The maximum Gasteiger partial charge on any atom is 0.335 e. The first-order chi connectivity index (χ1) is 10.0. The Bertz CT molecular complexity index is 507. The van der Waals surface area contributed by atoms with Gasteiger partial charge in [-0.2, -0.15) is 0 Å². The molecule has 0 amide bonds. The van der Waals surface area contributed by atoms with E-state index < -0.39 is 11.8 Å². The zero-order valence-corrected chi connectivity index (χ0v) is 12.7. The third-order valence-electron chi connectivity index (χ3n) is 4.17. The van der Waals surface area contributed by atoms with E-state index in [9.17, 15) is 9.18 Å². The van der Waals surface area contributed by atoms with Crippen LogP contribution in [0.2, 0.25) is 0 Å². The Labute approximate surface area is 125 Å². The monoisotopic (exact) mass is 294 g/mol. The SMILES string of the molecule is CCC1CN(C)CCCN1Cc1ccc(C(=O)O)cc1F. The quantitative estimate of drug-likeness (QED) is 0.926. The molecule has 116 valence electrons. The van der Waals surface area contributed by atoms with E-state index in [1.165, 1.54) is 6.07 Å². The van der Waals surface area contributed by atoms with Crippen molar-refractivity contribution in [3.05, 3.63) is 35.1 Å². The highest BCUT2D eigenvalue weighted by Crippen LogP contribution is 2.18. The summed E-state index contributed by atoms with van der Waals surface area (Å²) in [4.78, 5) is 15.5. The summed E-state index contributed by atoms with van der Waals surface area (Å²) >= 11 is 0. The molecule has 1 aliphatic heterocycles. The van der Waals surface area contributed by atoms with Gasteiger partial charge in [-0.25, -0.2) is 9.18 Å². The second-order valence-electron chi connectivity index (χ2n) is 5.76. The highest BCUT2D eigenvalue weighted by atomic mass is 19.1. The summed E-state index contributed by atoms with van der Waals surface area (Å²) in [5.74, 6) is -1.52. The van der Waals surface area contributed by atoms with Gasteiger partial charge in [-0.15, -0.1) is 0 Å². The van der Waals surface area contributed by atoms with Crippen LogP contribution in [0, 0.1) is 5.82 Å². The predicted molar refractivity (Wildman–Crippen MR) is 80.0 cm³/mol. The highest BCUT2D eigenvalue weighted by Gasteiger charge is 2.23. The Hall–Kier alpha value is -1.46. The molecule has 1 aliphatic rings. The van der Waals surface area contributed by atoms with Crippen LogP contribution in [0.15, 0.2) is 18.2 Å². The first kappa shape index (κ1) is 15.9. The molecule has 0 saturated carbocycles. The summed E-state index contributed by atoms with van der Waals surface area (Å²) in [6, 6.07) is 4.60. The van der Waals surface area contributed by atoms with Crippen molar-refractivity contribution < 1.29 is 14.3 Å². The molecule has 1 saturated heterocycles. The number of hydrogen-bond acceptors (Lipinski definition) is 3. The Kier molecular flexibility index (Phi) is 5.31. The van der Waals surface area contributed by atoms with E-state index in [1.54, 1.807) is 6.07 Å². The number of likely N-dealkylation sites (N-methyl/N-ethyl adjacent to an activating group) is 1. The fourth-order valence-electron chi connectivity index (χ4n) is 2.92. The van der Waals surface area contributed by atoms with Gasteiger partial charge < -0.3 is 10.0 Å². The van der Waals surface area contributed by atoms with E-state index in [2.05, 4.69) is 23.8 Å². The third-order valence-corrected chi connectivity index (χ3v) is 4.17. The van der Waals surface area contributed by atoms with Crippen LogP contribution in [0.4, 0.5) is 4.39 Å². The second kappa shape index (κ2) is 7.00. The van der Waals surface area contributed by atoms with E-state index in [0.29, 0.717) is 18.2 Å². The summed E-state index contributed by atoms with van der Waals surface area (Å²) in [5, 5.41) is 8.89. The van der Waals surface area contributed by atoms with Crippen molar-refractivity contribution in [1.29, 1.82) is 0 Å². The number of benzene rings is 1. The number of carboxylic acid groups (broad SMARTS) is 1. The van der Waals surface area contributed by atoms with Gasteiger partial charge >= 0.3 is 5.97 Å². The number of carbonyl (C=O) groups is 1. The van der Waals surface area contributed by atoms with E-state index in [0.717, 1.165) is 38.5 Å². The molecule has 0 radical (unpaired) electrons. The van der Waals surface area contributed by atoms with Gasteiger partial charge in [-0.1, -0.05) is 13.0 Å². The standard InChI is InChI=1S/C16H23FN2O2/c1-3-14-11-18(2)7-4-8-19(14)10-13-6-5-12(16(20)21)9-15(13)17/h5-6,9,14H,3-4,7-8,10-11H2,1-2H3,(H,20,21). The first-order valence-electron chi connectivity index (χ1n) is 7.45. The molecule has 1 aromatic carbocycles. The van der Waals surface area contributed by atoms with Crippen LogP contribution < -0.4 is 0 Å². The zero-order valence-electron chi connectivity index (χ0n) is 12.7. The van der Waals surface area contributed by atoms with E-state index in [-0.39, 0.29) is 5.56 Å². The average molecular weight is 294 g/mol. The third kappa shape index (κ3) is 4.02. The van der Waals surface area contributed by atoms with Crippen LogP contribution in [0.1, 0.15) is 35.7 Å². The van der Waals surface area contributed by atoms with Crippen LogP contribution >= 0.6 is 0 Å². The van der Waals surface area contributed by atoms with Crippen LogP contribution in [0.3, 0.4) is 0 Å². The highest BCUT2D eigenvalue weighted by molar-refractivity contribution is 5.87. The van der Waals surface area contributed by atoms with Crippen molar-refractivity contribution >= 4 is 5.97 Å². The molecule has 1 aromatic rings. The fourth-order valence-corrected chi connectivity index (χ4v) is 2.92. The van der Waals surface area contributed by atoms with Gasteiger partial charge in [0.05, 0.1) is 5.56 Å². The number of aromatic carboxylic acids is 1. The van der Waals surface area contributed by atoms with Gasteiger partial charge in [0.1, 0.15) is 5.82 Å². The molecule has 0 spiro atoms. The Morgan fingerprint density at radius 3 is 2.81 bits per heavy atom. The number of rotatable bonds is 4. The predicted octanol–water partition coefficient (Wildman–Crippen LogP) is 2.44. The fraction of sp³-hybridized carbons (Fsp3) is 0.562. The molecule has 0 aliphatic carbocycles. The molecule has 21 heavy (non-hydrogen) atoms. The first-order valence-corrected chi connectivity index (χ1v) is 7.45. The Morgan fingerprint density at radius 1 is 1.43 bits per heavy atom. The van der Waals surface area contributed by atoms with Gasteiger partial charge in [0, 0.05) is 31.2 Å². The molecule has 1 N–H and O–H groups in total. The van der Waals surface area contributed by atoms with Gasteiger partial charge in [0.15, 0.2) is 0 Å². The molecule has 1 atom stereocenters. The summed E-state index contributed by atoms with van der Waals surface area (Å²) < 4.78 is 14.1. The van der Waals surface area contributed by atoms with E-state index in [4.69, 9.17) is 5.11 Å². The molecule has 1 heterocycles. The average Bonchev–Trinajstić information content (AvgIpc) is 2.62. The largest absolute Gasteiger partial charge is 0.478 e. The number of carboxylic acids is 1. The van der Waals surface area contributed by atoms with Crippen LogP contribution in [-0.2, 0) is 6.54 Å².